The minimum Gasteiger partial charge on any atom is -0.340 e. The molecule has 0 spiro atoms. The van der Waals surface area contributed by atoms with Crippen LogP contribution in [0.5, 0.6) is 0 Å². The van der Waals surface area contributed by atoms with Gasteiger partial charge in [-0.3, -0.25) is 9.80 Å². The summed E-state index contributed by atoms with van der Waals surface area (Å²) in [4.78, 5) is 8.86. The molecule has 1 aliphatic heterocycles. The van der Waals surface area contributed by atoms with E-state index in [0.717, 1.165) is 37.4 Å². The molecular weight excluding hydrogens is 283 g/mol. The zero-order valence-corrected chi connectivity index (χ0v) is 13.0. The third-order valence-corrected chi connectivity index (χ3v) is 4.13. The van der Waals surface area contributed by atoms with Crippen LogP contribution in [0.1, 0.15) is 23.7 Å². The lowest BCUT2D eigenvalue weighted by Gasteiger charge is -2.23. The molecule has 1 aromatic heterocycles. The van der Waals surface area contributed by atoms with Crippen molar-refractivity contribution in [1.29, 1.82) is 0 Å². The fraction of sp³-hybridized carbons (Fsp3) is 0.500. The third kappa shape index (κ3) is 3.69. The molecule has 5 nitrogen and oxygen atoms in total. The van der Waals surface area contributed by atoms with E-state index in [2.05, 4.69) is 27.0 Å². The highest BCUT2D eigenvalue weighted by Gasteiger charge is 2.26. The Hall–Kier alpha value is -1.79. The lowest BCUT2D eigenvalue weighted by Crippen LogP contribution is -2.34. The van der Waals surface area contributed by atoms with Crippen LogP contribution in [0.2, 0.25) is 0 Å². The number of hydrogen-bond acceptors (Lipinski definition) is 5. The summed E-state index contributed by atoms with van der Waals surface area (Å²) in [6.45, 7) is 5.28. The van der Waals surface area contributed by atoms with E-state index >= 15 is 0 Å². The monoisotopic (exact) mass is 304 g/mol. The molecule has 1 unspecified atom stereocenters. The zero-order chi connectivity index (χ0) is 15.5. The summed E-state index contributed by atoms with van der Waals surface area (Å²) < 4.78 is 18.2. The Kier molecular flexibility index (Phi) is 4.49. The second-order valence-corrected chi connectivity index (χ2v) is 5.95. The van der Waals surface area contributed by atoms with Crippen molar-refractivity contribution in [3.05, 3.63) is 47.4 Å². The van der Waals surface area contributed by atoms with Crippen molar-refractivity contribution in [2.45, 2.75) is 32.5 Å². The summed E-state index contributed by atoms with van der Waals surface area (Å²) in [6, 6.07) is 7.30. The number of nitrogens with zero attached hydrogens (tertiary/aromatic N) is 4. The van der Waals surface area contributed by atoms with Gasteiger partial charge in [-0.25, -0.2) is 4.39 Å². The molecule has 3 rings (SSSR count). The molecule has 118 valence electrons. The van der Waals surface area contributed by atoms with Gasteiger partial charge in [0.1, 0.15) is 5.82 Å². The summed E-state index contributed by atoms with van der Waals surface area (Å²) in [6.07, 6.45) is 1.10. The van der Waals surface area contributed by atoms with Gasteiger partial charge in [-0.05, 0) is 31.2 Å². The van der Waals surface area contributed by atoms with E-state index in [-0.39, 0.29) is 5.82 Å². The molecule has 0 radical (unpaired) electrons. The Bertz CT molecular complexity index is 630. The molecular formula is C16H21FN4O. The van der Waals surface area contributed by atoms with Crippen molar-refractivity contribution in [2.24, 2.45) is 0 Å². The van der Waals surface area contributed by atoms with E-state index in [1.54, 1.807) is 19.1 Å². The van der Waals surface area contributed by atoms with E-state index in [4.69, 9.17) is 4.52 Å². The number of aryl methyl sites for hydroxylation is 1. The Morgan fingerprint density at radius 3 is 3.05 bits per heavy atom. The summed E-state index contributed by atoms with van der Waals surface area (Å²) in [7, 11) is 2.09. The van der Waals surface area contributed by atoms with Gasteiger partial charge < -0.3 is 4.52 Å². The predicted octanol–water partition coefficient (Wildman–Crippen LogP) is 2.22. The van der Waals surface area contributed by atoms with Crippen LogP contribution >= 0.6 is 0 Å². The summed E-state index contributed by atoms with van der Waals surface area (Å²) in [5.41, 5.74) is 1.03. The average Bonchev–Trinajstić information content (AvgIpc) is 3.08. The number of likely N-dealkylation sites (tertiary alicyclic amines) is 1. The smallest absolute Gasteiger partial charge is 0.223 e. The van der Waals surface area contributed by atoms with Gasteiger partial charge in [0.15, 0.2) is 5.82 Å². The second kappa shape index (κ2) is 6.54. The Morgan fingerprint density at radius 2 is 2.32 bits per heavy atom. The minimum absolute atomic E-state index is 0.169. The van der Waals surface area contributed by atoms with Crippen molar-refractivity contribution in [1.82, 2.24) is 19.9 Å². The molecule has 1 atom stereocenters. The lowest BCUT2D eigenvalue weighted by molar-refractivity contribution is 0.216. The van der Waals surface area contributed by atoms with Crippen molar-refractivity contribution in [2.75, 3.05) is 20.1 Å². The van der Waals surface area contributed by atoms with Crippen molar-refractivity contribution in [3.8, 4) is 0 Å². The first-order chi connectivity index (χ1) is 10.6. The zero-order valence-electron chi connectivity index (χ0n) is 13.0. The summed E-state index contributed by atoms with van der Waals surface area (Å²) >= 11 is 0. The molecule has 2 heterocycles. The van der Waals surface area contributed by atoms with Crippen molar-refractivity contribution >= 4 is 0 Å². The fourth-order valence-electron chi connectivity index (χ4n) is 2.97. The number of rotatable bonds is 5. The molecule has 1 aromatic carbocycles. The minimum atomic E-state index is -0.169. The SMILES string of the molecule is Cc1nc(CN(C)C2CCN(Cc3cccc(F)c3)C2)no1. The van der Waals surface area contributed by atoms with Gasteiger partial charge in [-0.2, -0.15) is 4.98 Å². The van der Waals surface area contributed by atoms with Crippen LogP contribution < -0.4 is 0 Å². The maximum Gasteiger partial charge on any atom is 0.223 e. The molecule has 1 saturated heterocycles. The van der Waals surface area contributed by atoms with E-state index in [1.165, 1.54) is 6.07 Å². The first-order valence-corrected chi connectivity index (χ1v) is 7.56. The standard InChI is InChI=1S/C16H21FN4O/c1-12-18-16(19-22-12)11-20(2)15-6-7-21(10-15)9-13-4-3-5-14(17)8-13/h3-5,8,15H,6-7,9-11H2,1-2H3. The van der Waals surface area contributed by atoms with Crippen LogP contribution in [0.3, 0.4) is 0 Å². The Morgan fingerprint density at radius 1 is 1.45 bits per heavy atom. The highest BCUT2D eigenvalue weighted by molar-refractivity contribution is 5.16. The number of aromatic nitrogens is 2. The second-order valence-electron chi connectivity index (χ2n) is 5.95. The summed E-state index contributed by atoms with van der Waals surface area (Å²) in [5.74, 6) is 1.16. The number of halogens is 1. The normalized spacial score (nSPS) is 19.2. The molecule has 0 amide bonds. The van der Waals surface area contributed by atoms with E-state index in [0.29, 0.717) is 18.5 Å². The molecule has 6 heteroatoms. The van der Waals surface area contributed by atoms with Crippen molar-refractivity contribution < 1.29 is 8.91 Å². The van der Waals surface area contributed by atoms with Gasteiger partial charge in [0.25, 0.3) is 0 Å². The maximum absolute atomic E-state index is 13.2. The van der Waals surface area contributed by atoms with E-state index in [1.807, 2.05) is 6.07 Å². The molecule has 0 N–H and O–H groups in total. The number of hydrogen-bond donors (Lipinski definition) is 0. The van der Waals surface area contributed by atoms with Gasteiger partial charge in [0.05, 0.1) is 6.54 Å². The van der Waals surface area contributed by atoms with Gasteiger partial charge in [0.2, 0.25) is 5.89 Å². The van der Waals surface area contributed by atoms with Crippen molar-refractivity contribution in [3.63, 3.8) is 0 Å². The Balaban J connectivity index is 1.53. The average molecular weight is 304 g/mol. The maximum atomic E-state index is 13.2. The van der Waals surface area contributed by atoms with Gasteiger partial charge >= 0.3 is 0 Å². The Labute approximate surface area is 129 Å². The van der Waals surface area contributed by atoms with E-state index < -0.39 is 0 Å². The lowest BCUT2D eigenvalue weighted by atomic mass is 10.2. The molecule has 1 aliphatic rings. The van der Waals surface area contributed by atoms with Gasteiger partial charge in [-0.15, -0.1) is 0 Å². The van der Waals surface area contributed by atoms with E-state index in [9.17, 15) is 4.39 Å². The molecule has 0 saturated carbocycles. The quantitative estimate of drug-likeness (QED) is 0.847. The highest BCUT2D eigenvalue weighted by atomic mass is 19.1. The van der Waals surface area contributed by atoms with Crippen LogP contribution in [0.4, 0.5) is 4.39 Å². The van der Waals surface area contributed by atoms with Crippen LogP contribution in [-0.4, -0.2) is 46.1 Å². The predicted molar refractivity (Wildman–Crippen MR) is 80.6 cm³/mol. The van der Waals surface area contributed by atoms with Crippen LogP contribution in [0, 0.1) is 12.7 Å². The molecule has 0 aliphatic carbocycles. The van der Waals surface area contributed by atoms with Crippen LogP contribution in [0.15, 0.2) is 28.8 Å². The molecule has 1 fully saturated rings. The molecule has 2 aromatic rings. The fourth-order valence-corrected chi connectivity index (χ4v) is 2.97. The summed E-state index contributed by atoms with van der Waals surface area (Å²) in [5, 5.41) is 3.94. The first-order valence-electron chi connectivity index (χ1n) is 7.56. The molecule has 0 bridgehead atoms. The topological polar surface area (TPSA) is 45.4 Å². The first kappa shape index (κ1) is 15.1. The number of benzene rings is 1. The largest absolute Gasteiger partial charge is 0.340 e. The third-order valence-electron chi connectivity index (χ3n) is 4.13. The highest BCUT2D eigenvalue weighted by Crippen LogP contribution is 2.18. The van der Waals surface area contributed by atoms with Crippen LogP contribution in [-0.2, 0) is 13.1 Å². The van der Waals surface area contributed by atoms with Gasteiger partial charge in [0, 0.05) is 32.6 Å². The molecule has 22 heavy (non-hydrogen) atoms. The number of likely N-dealkylation sites (N-methyl/N-ethyl adjacent to an activating group) is 1. The van der Waals surface area contributed by atoms with Crippen LogP contribution in [0.25, 0.3) is 0 Å². The van der Waals surface area contributed by atoms with Gasteiger partial charge in [-0.1, -0.05) is 17.3 Å².